The van der Waals surface area contributed by atoms with Crippen LogP contribution in [0.2, 0.25) is 0 Å². The molecule has 0 nitrogen and oxygen atoms in total. The molecule has 0 aliphatic carbocycles. The molecule has 0 aliphatic heterocycles. The largest absolute Gasteiger partial charge is 0.134 e. The summed E-state index contributed by atoms with van der Waals surface area (Å²) in [4.78, 5) is 0. The Morgan fingerprint density at radius 3 is 1.68 bits per heavy atom. The highest BCUT2D eigenvalue weighted by Gasteiger charge is 2.13. The molecule has 28 heavy (non-hydrogen) atoms. The summed E-state index contributed by atoms with van der Waals surface area (Å²) >= 11 is 3.83. The first-order valence-electron chi connectivity index (χ1n) is 9.36. The average molecular weight is 393 g/mol. The van der Waals surface area contributed by atoms with Gasteiger partial charge in [-0.15, -0.1) is 22.7 Å². The van der Waals surface area contributed by atoms with Crippen LogP contribution in [0.5, 0.6) is 0 Å². The van der Waals surface area contributed by atoms with Crippen molar-refractivity contribution in [1.82, 2.24) is 0 Å². The van der Waals surface area contributed by atoms with Crippen LogP contribution in [0, 0.1) is 0 Å². The van der Waals surface area contributed by atoms with E-state index in [0.717, 1.165) is 0 Å². The predicted octanol–water partition coefficient (Wildman–Crippen LogP) is 8.60. The molecule has 132 valence electrons. The fourth-order valence-electron chi connectivity index (χ4n) is 3.88. The third-order valence-corrected chi connectivity index (χ3v) is 7.81. The number of hydrogen-bond acceptors (Lipinski definition) is 2. The van der Waals surface area contributed by atoms with Gasteiger partial charge in [0.1, 0.15) is 0 Å². The van der Waals surface area contributed by atoms with Gasteiger partial charge in [0.25, 0.3) is 0 Å². The topological polar surface area (TPSA) is 0 Å². The zero-order chi connectivity index (χ0) is 18.5. The van der Waals surface area contributed by atoms with Crippen LogP contribution in [0.4, 0.5) is 0 Å². The van der Waals surface area contributed by atoms with Crippen LogP contribution < -0.4 is 0 Å². The van der Waals surface area contributed by atoms with E-state index in [4.69, 9.17) is 0 Å². The number of thiophene rings is 2. The zero-order valence-corrected chi connectivity index (χ0v) is 16.7. The predicted molar refractivity (Wildman–Crippen MR) is 126 cm³/mol. The quantitative estimate of drug-likeness (QED) is 0.277. The van der Waals surface area contributed by atoms with Crippen molar-refractivity contribution in [1.29, 1.82) is 0 Å². The van der Waals surface area contributed by atoms with Crippen molar-refractivity contribution in [2.24, 2.45) is 0 Å². The molecule has 0 fully saturated rings. The lowest BCUT2D eigenvalue weighted by Gasteiger charge is -2.02. The van der Waals surface area contributed by atoms with Crippen molar-refractivity contribution in [2.45, 2.75) is 0 Å². The van der Waals surface area contributed by atoms with E-state index in [9.17, 15) is 0 Å². The Labute approximate surface area is 171 Å². The summed E-state index contributed by atoms with van der Waals surface area (Å²) in [5, 5.41) is 2.76. The zero-order valence-electron chi connectivity index (χ0n) is 15.1. The van der Waals surface area contributed by atoms with Gasteiger partial charge in [-0.05, 0) is 40.5 Å². The molecule has 0 spiro atoms. The van der Waals surface area contributed by atoms with Crippen molar-refractivity contribution < 1.29 is 0 Å². The molecule has 0 aliphatic rings. The molecule has 0 N–H and O–H groups in total. The summed E-state index contributed by atoms with van der Waals surface area (Å²) in [5.74, 6) is 0. The Kier molecular flexibility index (Phi) is 3.61. The summed E-state index contributed by atoms with van der Waals surface area (Å²) in [6, 6.07) is 35.0. The van der Waals surface area contributed by atoms with E-state index in [2.05, 4.69) is 97.1 Å². The molecule has 0 unspecified atom stereocenters. The second kappa shape index (κ2) is 6.30. The Balaban J connectivity index is 1.57. The summed E-state index contributed by atoms with van der Waals surface area (Å²) in [6.45, 7) is 0. The van der Waals surface area contributed by atoms with E-state index >= 15 is 0 Å². The molecule has 0 radical (unpaired) electrons. The number of rotatable bonds is 2. The third kappa shape index (κ3) is 2.50. The Hall–Kier alpha value is -2.94. The lowest BCUT2D eigenvalue weighted by Crippen LogP contribution is -1.75. The molecule has 2 aromatic heterocycles. The van der Waals surface area contributed by atoms with E-state index in [1.807, 2.05) is 22.7 Å². The van der Waals surface area contributed by atoms with Gasteiger partial charge in [0.15, 0.2) is 0 Å². The van der Waals surface area contributed by atoms with Crippen molar-refractivity contribution in [3.8, 4) is 22.3 Å². The summed E-state index contributed by atoms with van der Waals surface area (Å²) in [7, 11) is 0. The molecule has 2 heterocycles. The lowest BCUT2D eigenvalue weighted by atomic mass is 10.0. The van der Waals surface area contributed by atoms with Gasteiger partial charge in [-0.3, -0.25) is 0 Å². The maximum atomic E-state index is 2.36. The normalized spacial score (nSPS) is 11.6. The maximum absolute atomic E-state index is 2.36. The minimum absolute atomic E-state index is 1.27. The molecule has 0 saturated heterocycles. The van der Waals surface area contributed by atoms with E-state index in [1.54, 1.807) is 0 Å². The number of hydrogen-bond donors (Lipinski definition) is 0. The van der Waals surface area contributed by atoms with Crippen molar-refractivity contribution in [2.75, 3.05) is 0 Å². The van der Waals surface area contributed by atoms with Crippen molar-refractivity contribution in [3.63, 3.8) is 0 Å². The molecule has 4 aromatic carbocycles. The van der Waals surface area contributed by atoms with Crippen molar-refractivity contribution >= 4 is 52.2 Å². The fourth-order valence-corrected chi connectivity index (χ4v) is 6.54. The van der Waals surface area contributed by atoms with Gasteiger partial charge in [-0.1, -0.05) is 78.9 Å². The number of fused-ring (bicyclic) bond motifs is 5. The van der Waals surface area contributed by atoms with Gasteiger partial charge < -0.3 is 0 Å². The Morgan fingerprint density at radius 2 is 0.964 bits per heavy atom. The standard InChI is InChI=1S/C26H16S2/c1-3-7-17(8-4-1)19-12-14-23-22(15-19)26-25(27-23)21-13-11-20(16-24(21)28-26)18-9-5-2-6-10-18/h1-16H. The molecule has 6 rings (SSSR count). The molecule has 0 atom stereocenters. The SMILES string of the molecule is c1ccc(-c2ccc3c(c2)sc2c4cc(-c5ccccc5)ccc4sc32)cc1. The minimum atomic E-state index is 1.27. The molecular weight excluding hydrogens is 376 g/mol. The fraction of sp³-hybridized carbons (Fsp3) is 0. The highest BCUT2D eigenvalue weighted by Crippen LogP contribution is 2.45. The van der Waals surface area contributed by atoms with Gasteiger partial charge in [0.05, 0.1) is 9.40 Å². The van der Waals surface area contributed by atoms with Gasteiger partial charge >= 0.3 is 0 Å². The van der Waals surface area contributed by atoms with Gasteiger partial charge in [0, 0.05) is 20.2 Å². The monoisotopic (exact) mass is 392 g/mol. The van der Waals surface area contributed by atoms with Crippen LogP contribution in [0.25, 0.3) is 51.8 Å². The summed E-state index contributed by atoms with van der Waals surface area (Å²) < 4.78 is 5.57. The molecule has 2 heteroatoms. The van der Waals surface area contributed by atoms with Crippen LogP contribution in [-0.2, 0) is 0 Å². The first-order chi connectivity index (χ1) is 13.9. The van der Waals surface area contributed by atoms with E-state index in [-0.39, 0.29) is 0 Å². The van der Waals surface area contributed by atoms with Crippen molar-refractivity contribution in [3.05, 3.63) is 97.1 Å². The summed E-state index contributed by atoms with van der Waals surface area (Å²) in [5.41, 5.74) is 5.13. The van der Waals surface area contributed by atoms with E-state index < -0.39 is 0 Å². The molecular formula is C26H16S2. The van der Waals surface area contributed by atoms with E-state index in [1.165, 1.54) is 51.8 Å². The lowest BCUT2D eigenvalue weighted by molar-refractivity contribution is 1.66. The molecule has 0 bridgehead atoms. The first kappa shape index (κ1) is 16.1. The van der Waals surface area contributed by atoms with Gasteiger partial charge in [-0.25, -0.2) is 0 Å². The third-order valence-electron chi connectivity index (χ3n) is 5.29. The Bertz CT molecular complexity index is 1440. The highest BCUT2D eigenvalue weighted by atomic mass is 32.1. The van der Waals surface area contributed by atoms with Crippen LogP contribution in [0.3, 0.4) is 0 Å². The second-order valence-electron chi connectivity index (χ2n) is 7.02. The number of benzene rings is 4. The Morgan fingerprint density at radius 1 is 0.393 bits per heavy atom. The van der Waals surface area contributed by atoms with Crippen LogP contribution in [-0.4, -0.2) is 0 Å². The maximum Gasteiger partial charge on any atom is 0.0542 e. The van der Waals surface area contributed by atoms with Gasteiger partial charge in [0.2, 0.25) is 0 Å². The van der Waals surface area contributed by atoms with E-state index in [0.29, 0.717) is 0 Å². The van der Waals surface area contributed by atoms with Crippen LogP contribution in [0.15, 0.2) is 97.1 Å². The molecule has 0 saturated carbocycles. The molecule has 0 amide bonds. The average Bonchev–Trinajstić information content (AvgIpc) is 3.30. The van der Waals surface area contributed by atoms with Crippen LogP contribution in [0.1, 0.15) is 0 Å². The summed E-state index contributed by atoms with van der Waals surface area (Å²) in [6.07, 6.45) is 0. The van der Waals surface area contributed by atoms with Crippen LogP contribution >= 0.6 is 22.7 Å². The minimum Gasteiger partial charge on any atom is -0.134 e. The highest BCUT2D eigenvalue weighted by molar-refractivity contribution is 7.36. The second-order valence-corrected chi connectivity index (χ2v) is 9.12. The van der Waals surface area contributed by atoms with Gasteiger partial charge in [-0.2, -0.15) is 0 Å². The first-order valence-corrected chi connectivity index (χ1v) is 11.0. The molecule has 6 aromatic rings. The smallest absolute Gasteiger partial charge is 0.0542 e.